The van der Waals surface area contributed by atoms with Crippen LogP contribution in [0, 0.1) is 0 Å². The summed E-state index contributed by atoms with van der Waals surface area (Å²) in [4.78, 5) is 15.1. The minimum Gasteiger partial charge on any atom is -0.453 e. The molecule has 78 valence electrons. The van der Waals surface area contributed by atoms with Gasteiger partial charge in [-0.1, -0.05) is 15.9 Å². The highest BCUT2D eigenvalue weighted by Crippen LogP contribution is 2.16. The summed E-state index contributed by atoms with van der Waals surface area (Å²) in [5, 5.41) is 2.56. The van der Waals surface area contributed by atoms with Crippen LogP contribution in [0.25, 0.3) is 5.65 Å². The zero-order chi connectivity index (χ0) is 10.8. The molecule has 0 aliphatic rings. The molecule has 0 atom stereocenters. The highest BCUT2D eigenvalue weighted by Gasteiger charge is 2.06. The van der Waals surface area contributed by atoms with Crippen LogP contribution in [0.1, 0.15) is 0 Å². The van der Waals surface area contributed by atoms with E-state index in [9.17, 15) is 4.79 Å². The standard InChI is InChI=1S/C9H8BrN3O2/c1-15-9(14)12-8-5-11-7-4-6(10)2-3-13(7)8/h2-5H,1H3,(H,12,14). The van der Waals surface area contributed by atoms with Crippen LogP contribution in [0.4, 0.5) is 10.6 Å². The molecule has 0 bridgehead atoms. The minimum absolute atomic E-state index is 0.514. The molecule has 0 aliphatic carbocycles. The fourth-order valence-corrected chi connectivity index (χ4v) is 1.53. The number of pyridine rings is 1. The van der Waals surface area contributed by atoms with Gasteiger partial charge in [0, 0.05) is 10.7 Å². The molecule has 0 fully saturated rings. The van der Waals surface area contributed by atoms with E-state index < -0.39 is 6.09 Å². The molecule has 2 heterocycles. The van der Waals surface area contributed by atoms with Gasteiger partial charge in [-0.05, 0) is 12.1 Å². The number of methoxy groups -OCH3 is 1. The van der Waals surface area contributed by atoms with E-state index in [1.54, 1.807) is 16.8 Å². The first kappa shape index (κ1) is 9.97. The number of halogens is 1. The molecule has 2 aromatic rings. The summed E-state index contributed by atoms with van der Waals surface area (Å²) < 4.78 is 7.18. The molecule has 5 nitrogen and oxygen atoms in total. The molecule has 1 N–H and O–H groups in total. The number of anilines is 1. The number of aromatic nitrogens is 2. The average molecular weight is 270 g/mol. The summed E-state index contributed by atoms with van der Waals surface area (Å²) in [7, 11) is 1.31. The molecule has 2 rings (SSSR count). The minimum atomic E-state index is -0.514. The quantitative estimate of drug-likeness (QED) is 0.864. The van der Waals surface area contributed by atoms with Crippen LogP contribution < -0.4 is 5.32 Å². The topological polar surface area (TPSA) is 55.6 Å². The number of carbonyl (C=O) groups is 1. The second kappa shape index (κ2) is 3.90. The maximum absolute atomic E-state index is 11.0. The van der Waals surface area contributed by atoms with E-state index in [2.05, 4.69) is 31.0 Å². The lowest BCUT2D eigenvalue weighted by atomic mass is 10.5. The molecular weight excluding hydrogens is 262 g/mol. The van der Waals surface area contributed by atoms with E-state index in [-0.39, 0.29) is 0 Å². The number of hydrogen-bond donors (Lipinski definition) is 1. The van der Waals surface area contributed by atoms with Crippen molar-refractivity contribution in [2.24, 2.45) is 0 Å². The number of fused-ring (bicyclic) bond motifs is 1. The molecule has 1 amide bonds. The van der Waals surface area contributed by atoms with Gasteiger partial charge in [-0.3, -0.25) is 9.72 Å². The summed E-state index contributed by atoms with van der Waals surface area (Å²) in [6.07, 6.45) is 2.86. The molecule has 0 radical (unpaired) electrons. The Hall–Kier alpha value is -1.56. The van der Waals surface area contributed by atoms with E-state index in [4.69, 9.17) is 0 Å². The van der Waals surface area contributed by atoms with Gasteiger partial charge in [0.2, 0.25) is 0 Å². The van der Waals surface area contributed by atoms with Gasteiger partial charge >= 0.3 is 6.09 Å². The van der Waals surface area contributed by atoms with Crippen molar-refractivity contribution in [2.75, 3.05) is 12.4 Å². The van der Waals surface area contributed by atoms with E-state index in [1.165, 1.54) is 7.11 Å². The Morgan fingerprint density at radius 3 is 3.20 bits per heavy atom. The Labute approximate surface area is 94.2 Å². The summed E-state index contributed by atoms with van der Waals surface area (Å²) >= 11 is 3.34. The predicted octanol–water partition coefficient (Wildman–Crippen LogP) is 2.28. The van der Waals surface area contributed by atoms with Gasteiger partial charge in [0.1, 0.15) is 11.5 Å². The van der Waals surface area contributed by atoms with Crippen LogP contribution in [0.3, 0.4) is 0 Å². The SMILES string of the molecule is COC(=O)Nc1cnc2cc(Br)ccn12. The van der Waals surface area contributed by atoms with Crippen molar-refractivity contribution in [1.29, 1.82) is 0 Å². The Bertz CT molecular complexity index is 509. The highest BCUT2D eigenvalue weighted by atomic mass is 79.9. The molecule has 0 saturated carbocycles. The van der Waals surface area contributed by atoms with Crippen molar-refractivity contribution >= 4 is 33.5 Å². The number of amides is 1. The second-order valence-corrected chi connectivity index (χ2v) is 3.75. The van der Waals surface area contributed by atoms with Gasteiger partial charge < -0.3 is 4.74 Å². The van der Waals surface area contributed by atoms with Gasteiger partial charge in [0.05, 0.1) is 13.3 Å². The number of nitrogens with one attached hydrogen (secondary N) is 1. The first-order valence-corrected chi connectivity index (χ1v) is 4.97. The second-order valence-electron chi connectivity index (χ2n) is 2.83. The van der Waals surface area contributed by atoms with Crippen molar-refractivity contribution in [3.63, 3.8) is 0 Å². The zero-order valence-electron chi connectivity index (χ0n) is 7.90. The fraction of sp³-hybridized carbons (Fsp3) is 0.111. The monoisotopic (exact) mass is 269 g/mol. The van der Waals surface area contributed by atoms with E-state index in [1.807, 2.05) is 12.1 Å². The van der Waals surface area contributed by atoms with Gasteiger partial charge in [-0.25, -0.2) is 9.78 Å². The van der Waals surface area contributed by atoms with Crippen LogP contribution in [-0.4, -0.2) is 22.6 Å². The maximum Gasteiger partial charge on any atom is 0.412 e. The third-order valence-corrected chi connectivity index (χ3v) is 2.38. The average Bonchev–Trinajstić information content (AvgIpc) is 2.60. The number of rotatable bonds is 1. The Balaban J connectivity index is 2.41. The molecule has 0 spiro atoms. The van der Waals surface area contributed by atoms with Gasteiger partial charge in [0.25, 0.3) is 0 Å². The Morgan fingerprint density at radius 2 is 2.47 bits per heavy atom. The largest absolute Gasteiger partial charge is 0.453 e. The number of imidazole rings is 1. The van der Waals surface area contributed by atoms with Crippen molar-refractivity contribution < 1.29 is 9.53 Å². The third kappa shape index (κ3) is 1.94. The first-order chi connectivity index (χ1) is 7.20. The molecule has 15 heavy (non-hydrogen) atoms. The van der Waals surface area contributed by atoms with Crippen LogP contribution >= 0.6 is 15.9 Å². The van der Waals surface area contributed by atoms with Gasteiger partial charge in [-0.15, -0.1) is 0 Å². The molecular formula is C9H8BrN3O2. The normalized spacial score (nSPS) is 10.3. The van der Waals surface area contributed by atoms with Crippen LogP contribution in [0.15, 0.2) is 29.0 Å². The zero-order valence-corrected chi connectivity index (χ0v) is 9.48. The van der Waals surface area contributed by atoms with Gasteiger partial charge in [0.15, 0.2) is 0 Å². The number of hydrogen-bond acceptors (Lipinski definition) is 3. The maximum atomic E-state index is 11.0. The third-order valence-electron chi connectivity index (χ3n) is 1.89. The van der Waals surface area contributed by atoms with E-state index >= 15 is 0 Å². The fourth-order valence-electron chi connectivity index (χ4n) is 1.20. The van der Waals surface area contributed by atoms with E-state index in [0.717, 1.165) is 10.1 Å². The highest BCUT2D eigenvalue weighted by molar-refractivity contribution is 9.10. The summed E-state index contributed by atoms with van der Waals surface area (Å²) in [5.41, 5.74) is 0.746. The first-order valence-electron chi connectivity index (χ1n) is 4.18. The molecule has 0 aromatic carbocycles. The van der Waals surface area contributed by atoms with E-state index in [0.29, 0.717) is 5.82 Å². The van der Waals surface area contributed by atoms with Crippen LogP contribution in [-0.2, 0) is 4.74 Å². The number of nitrogens with zero attached hydrogens (tertiary/aromatic N) is 2. The number of ether oxygens (including phenoxy) is 1. The van der Waals surface area contributed by atoms with Crippen molar-refractivity contribution in [2.45, 2.75) is 0 Å². The summed E-state index contributed by atoms with van der Waals surface area (Å²) in [5.74, 6) is 0.573. The molecule has 0 saturated heterocycles. The van der Waals surface area contributed by atoms with Crippen molar-refractivity contribution in [3.05, 3.63) is 29.0 Å². The van der Waals surface area contributed by atoms with Gasteiger partial charge in [-0.2, -0.15) is 0 Å². The smallest absolute Gasteiger partial charge is 0.412 e. The summed E-state index contributed by atoms with van der Waals surface area (Å²) in [6, 6.07) is 3.71. The molecule has 0 unspecified atom stereocenters. The Kier molecular flexibility index (Phi) is 2.59. The molecule has 6 heteroatoms. The Morgan fingerprint density at radius 1 is 1.67 bits per heavy atom. The lowest BCUT2D eigenvalue weighted by molar-refractivity contribution is 0.187. The predicted molar refractivity (Wildman–Crippen MR) is 58.9 cm³/mol. The molecule has 2 aromatic heterocycles. The van der Waals surface area contributed by atoms with Crippen molar-refractivity contribution in [1.82, 2.24) is 9.38 Å². The number of carbonyl (C=O) groups excluding carboxylic acids is 1. The molecule has 0 aliphatic heterocycles. The van der Waals surface area contributed by atoms with Crippen LogP contribution in [0.2, 0.25) is 0 Å². The lowest BCUT2D eigenvalue weighted by Gasteiger charge is -2.02. The summed E-state index contributed by atoms with van der Waals surface area (Å²) in [6.45, 7) is 0. The van der Waals surface area contributed by atoms with Crippen molar-refractivity contribution in [3.8, 4) is 0 Å². The van der Waals surface area contributed by atoms with Crippen LogP contribution in [0.5, 0.6) is 0 Å². The lowest BCUT2D eigenvalue weighted by Crippen LogP contribution is -2.12.